The van der Waals surface area contributed by atoms with Crippen LogP contribution in [0.1, 0.15) is 55.4 Å². The average Bonchev–Trinajstić information content (AvgIpc) is 3.70. The summed E-state index contributed by atoms with van der Waals surface area (Å²) in [5, 5.41) is 11.0. The van der Waals surface area contributed by atoms with Crippen molar-refractivity contribution in [2.75, 3.05) is 13.1 Å². The number of nitrogens with two attached hydrogens (primary N) is 1. The fraction of sp³-hybridized carbons (Fsp3) is 0.438. The van der Waals surface area contributed by atoms with Gasteiger partial charge in [-0.2, -0.15) is 0 Å². The van der Waals surface area contributed by atoms with Gasteiger partial charge in [-0.25, -0.2) is 0 Å². The molecule has 6 N–H and O–H groups in total. The standard InChI is InChI=1S/C32H40N6O7/c33-31(43)25-11-3-4-14-34-27(39)12-13-30(42)38-15-5-9-23(38)18-29(41)37-26(19-24-10-6-16-45-24)32(44)35-20-22-8-2-1-7-21(22)17-28(40)36-25/h1-2,6-8,10,12-13,16,23,25-26H,3-5,9,11,14-15,17-20H2,(H2,33,43)(H,34,39)(H,35,44)(H,36,40)(H,37,41)/b13-12+/t23-,25-,26-/m0/s1. The van der Waals surface area contributed by atoms with Gasteiger partial charge in [-0.15, -0.1) is 0 Å². The number of benzene rings is 1. The van der Waals surface area contributed by atoms with Crippen molar-refractivity contribution in [1.29, 1.82) is 0 Å². The number of hydrogen-bond donors (Lipinski definition) is 5. The van der Waals surface area contributed by atoms with Gasteiger partial charge in [0.15, 0.2) is 0 Å². The summed E-state index contributed by atoms with van der Waals surface area (Å²) in [5.41, 5.74) is 6.88. The lowest BCUT2D eigenvalue weighted by Gasteiger charge is -2.24. The van der Waals surface area contributed by atoms with Gasteiger partial charge >= 0.3 is 0 Å². The van der Waals surface area contributed by atoms with Crippen molar-refractivity contribution in [1.82, 2.24) is 26.2 Å². The van der Waals surface area contributed by atoms with E-state index in [1.54, 1.807) is 41.3 Å². The van der Waals surface area contributed by atoms with Gasteiger partial charge < -0.3 is 36.3 Å². The highest BCUT2D eigenvalue weighted by Crippen LogP contribution is 2.21. The monoisotopic (exact) mass is 620 g/mol. The van der Waals surface area contributed by atoms with E-state index >= 15 is 0 Å². The van der Waals surface area contributed by atoms with Gasteiger partial charge in [-0.05, 0) is 55.4 Å². The fourth-order valence-electron chi connectivity index (χ4n) is 5.54. The Labute approximate surface area is 261 Å². The molecule has 2 aliphatic rings. The molecule has 0 radical (unpaired) electrons. The topological polar surface area (TPSA) is 193 Å². The van der Waals surface area contributed by atoms with E-state index in [0.717, 1.165) is 6.08 Å². The molecule has 3 heterocycles. The van der Waals surface area contributed by atoms with Crippen LogP contribution in [0.5, 0.6) is 0 Å². The molecule has 3 atom stereocenters. The number of furan rings is 1. The van der Waals surface area contributed by atoms with Crippen LogP contribution < -0.4 is 27.0 Å². The van der Waals surface area contributed by atoms with Crippen molar-refractivity contribution in [2.24, 2.45) is 5.73 Å². The summed E-state index contributed by atoms with van der Waals surface area (Å²) in [6.07, 6.45) is 6.55. The minimum absolute atomic E-state index is 0.00203. The second-order valence-electron chi connectivity index (χ2n) is 11.2. The van der Waals surface area contributed by atoms with E-state index in [4.69, 9.17) is 10.2 Å². The minimum Gasteiger partial charge on any atom is -0.469 e. The number of primary amides is 1. The number of carbonyl (C=O) groups excluding carboxylic acids is 6. The van der Waals surface area contributed by atoms with Crippen molar-refractivity contribution in [3.63, 3.8) is 0 Å². The summed E-state index contributed by atoms with van der Waals surface area (Å²) in [6.45, 7) is 0.854. The summed E-state index contributed by atoms with van der Waals surface area (Å²) >= 11 is 0. The Morgan fingerprint density at radius 1 is 0.889 bits per heavy atom. The van der Waals surface area contributed by atoms with Gasteiger partial charge in [-0.3, -0.25) is 28.8 Å². The van der Waals surface area contributed by atoms with Crippen molar-refractivity contribution in [2.45, 2.75) is 76.0 Å². The van der Waals surface area contributed by atoms with Crippen LogP contribution >= 0.6 is 0 Å². The maximum absolute atomic E-state index is 13.4. The maximum Gasteiger partial charge on any atom is 0.247 e. The third-order valence-corrected chi connectivity index (χ3v) is 7.92. The molecular weight excluding hydrogens is 580 g/mol. The number of rotatable bonds is 3. The van der Waals surface area contributed by atoms with Crippen molar-refractivity contribution in [3.05, 3.63) is 71.7 Å². The first-order chi connectivity index (χ1) is 21.7. The van der Waals surface area contributed by atoms with E-state index < -0.39 is 41.6 Å². The zero-order valence-electron chi connectivity index (χ0n) is 25.1. The Morgan fingerprint density at radius 3 is 2.44 bits per heavy atom. The molecule has 0 saturated carbocycles. The van der Waals surface area contributed by atoms with E-state index in [0.29, 0.717) is 62.1 Å². The van der Waals surface area contributed by atoms with Crippen LogP contribution in [-0.2, 0) is 48.2 Å². The number of nitrogens with one attached hydrogen (secondary N) is 4. The number of amides is 6. The third kappa shape index (κ3) is 10.1. The van der Waals surface area contributed by atoms with Crippen LogP contribution in [0.4, 0.5) is 0 Å². The van der Waals surface area contributed by atoms with Crippen molar-refractivity contribution < 1.29 is 33.2 Å². The molecule has 0 bridgehead atoms. The number of fused-ring (bicyclic) bond motifs is 2. The van der Waals surface area contributed by atoms with Crippen LogP contribution in [0, 0.1) is 0 Å². The normalized spacial score (nSPS) is 23.8. The molecule has 0 aliphatic carbocycles. The molecule has 240 valence electrons. The second kappa shape index (κ2) is 16.2. The minimum atomic E-state index is -0.963. The van der Waals surface area contributed by atoms with E-state index in [9.17, 15) is 28.8 Å². The molecule has 1 aromatic carbocycles. The molecule has 4 rings (SSSR count). The first kappa shape index (κ1) is 33.0. The van der Waals surface area contributed by atoms with Gasteiger partial charge in [0.1, 0.15) is 17.8 Å². The fourth-order valence-corrected chi connectivity index (χ4v) is 5.54. The molecule has 45 heavy (non-hydrogen) atoms. The number of nitrogens with zero attached hydrogens (tertiary/aromatic N) is 1. The molecular formula is C32H40N6O7. The van der Waals surface area contributed by atoms with Gasteiger partial charge in [0, 0.05) is 50.7 Å². The molecule has 0 spiro atoms. The van der Waals surface area contributed by atoms with Crippen LogP contribution in [-0.4, -0.2) is 71.6 Å². The van der Waals surface area contributed by atoms with Gasteiger partial charge in [0.05, 0.1) is 12.7 Å². The summed E-state index contributed by atoms with van der Waals surface area (Å²) in [6, 6.07) is 8.28. The molecule has 2 aliphatic heterocycles. The Hall–Kier alpha value is -4.94. The Balaban J connectivity index is 1.53. The second-order valence-corrected chi connectivity index (χ2v) is 11.2. The van der Waals surface area contributed by atoms with Gasteiger partial charge in [0.25, 0.3) is 0 Å². The predicted octanol–water partition coefficient (Wildman–Crippen LogP) is 0.373. The summed E-state index contributed by atoms with van der Waals surface area (Å²) < 4.78 is 5.43. The predicted molar refractivity (Wildman–Crippen MR) is 163 cm³/mol. The van der Waals surface area contributed by atoms with Crippen molar-refractivity contribution in [3.8, 4) is 0 Å². The first-order valence-corrected chi connectivity index (χ1v) is 15.2. The Bertz CT molecular complexity index is 1410. The van der Waals surface area contributed by atoms with E-state index in [1.807, 2.05) is 0 Å². The van der Waals surface area contributed by atoms with Crippen LogP contribution in [0.3, 0.4) is 0 Å². The molecule has 0 unspecified atom stereocenters. The number of carbonyl (C=O) groups is 6. The Kier molecular flexibility index (Phi) is 11.9. The quantitative estimate of drug-likeness (QED) is 0.327. The summed E-state index contributed by atoms with van der Waals surface area (Å²) in [7, 11) is 0. The molecule has 13 nitrogen and oxygen atoms in total. The first-order valence-electron chi connectivity index (χ1n) is 15.2. The summed E-state index contributed by atoms with van der Waals surface area (Å²) in [5.74, 6) is -2.24. The molecule has 1 saturated heterocycles. The molecule has 1 fully saturated rings. The zero-order chi connectivity index (χ0) is 32.2. The smallest absolute Gasteiger partial charge is 0.247 e. The van der Waals surface area contributed by atoms with Crippen LogP contribution in [0.25, 0.3) is 0 Å². The highest BCUT2D eigenvalue weighted by atomic mass is 16.3. The van der Waals surface area contributed by atoms with E-state index in [1.165, 1.54) is 12.3 Å². The molecule has 2 aromatic rings. The highest BCUT2D eigenvalue weighted by molar-refractivity contribution is 5.97. The largest absolute Gasteiger partial charge is 0.469 e. The van der Waals surface area contributed by atoms with E-state index in [2.05, 4.69) is 21.3 Å². The van der Waals surface area contributed by atoms with Gasteiger partial charge in [0.2, 0.25) is 35.4 Å². The molecule has 6 amide bonds. The summed E-state index contributed by atoms with van der Waals surface area (Å²) in [4.78, 5) is 78.2. The van der Waals surface area contributed by atoms with E-state index in [-0.39, 0.29) is 37.8 Å². The zero-order valence-corrected chi connectivity index (χ0v) is 25.1. The maximum atomic E-state index is 13.4. The lowest BCUT2D eigenvalue weighted by atomic mass is 10.0. The SMILES string of the molecule is NC(=O)[C@@H]1CCCCNC(=O)/C=C/C(=O)N2CCC[C@H]2CC(=O)N[C@@H](Cc2ccco2)C(=O)NCc2ccccc2CC(=O)N1. The molecule has 1 aromatic heterocycles. The number of hydrogen-bond acceptors (Lipinski definition) is 7. The third-order valence-electron chi connectivity index (χ3n) is 7.92. The van der Waals surface area contributed by atoms with Crippen LogP contribution in [0.15, 0.2) is 59.2 Å². The molecule has 13 heteroatoms. The lowest BCUT2D eigenvalue weighted by molar-refractivity contribution is -0.131. The van der Waals surface area contributed by atoms with Crippen LogP contribution in [0.2, 0.25) is 0 Å². The average molecular weight is 621 g/mol. The van der Waals surface area contributed by atoms with Crippen molar-refractivity contribution >= 4 is 35.4 Å². The highest BCUT2D eigenvalue weighted by Gasteiger charge is 2.31. The Morgan fingerprint density at radius 2 is 1.69 bits per heavy atom. The van der Waals surface area contributed by atoms with Gasteiger partial charge in [-0.1, -0.05) is 24.3 Å². The lowest BCUT2D eigenvalue weighted by Crippen LogP contribution is -2.49.